The summed E-state index contributed by atoms with van der Waals surface area (Å²) in [6.45, 7) is 2.94. The van der Waals surface area contributed by atoms with Gasteiger partial charge in [-0.25, -0.2) is 9.67 Å². The van der Waals surface area contributed by atoms with Crippen molar-refractivity contribution in [2.75, 3.05) is 13.1 Å². The van der Waals surface area contributed by atoms with E-state index in [1.807, 2.05) is 61.5 Å². The van der Waals surface area contributed by atoms with Gasteiger partial charge >= 0.3 is 0 Å². The number of para-hydroxylation sites is 1. The number of nitrogens with zero attached hydrogens (tertiary/aromatic N) is 5. The number of amides is 1. The Morgan fingerprint density at radius 1 is 1.09 bits per heavy atom. The minimum atomic E-state index is -1.09. The molecule has 0 aliphatic carbocycles. The van der Waals surface area contributed by atoms with Crippen molar-refractivity contribution in [3.8, 4) is 5.69 Å². The first-order chi connectivity index (χ1) is 15.9. The van der Waals surface area contributed by atoms with Crippen molar-refractivity contribution in [1.82, 2.24) is 24.2 Å². The van der Waals surface area contributed by atoms with Crippen LogP contribution in [-0.4, -0.2) is 53.9 Å². The number of aryl methyl sites for hydroxylation is 1. The van der Waals surface area contributed by atoms with Gasteiger partial charge in [0, 0.05) is 18.7 Å². The molecule has 5 rings (SSSR count). The highest BCUT2D eigenvalue weighted by Crippen LogP contribution is 2.25. The van der Waals surface area contributed by atoms with E-state index in [9.17, 15) is 14.7 Å². The van der Waals surface area contributed by atoms with E-state index in [0.717, 1.165) is 11.3 Å². The molecule has 2 aromatic carbocycles. The van der Waals surface area contributed by atoms with Gasteiger partial charge in [0.05, 0.1) is 24.0 Å². The zero-order valence-corrected chi connectivity index (χ0v) is 18.4. The summed E-state index contributed by atoms with van der Waals surface area (Å²) < 4.78 is 3.07. The molecule has 1 saturated heterocycles. The molecule has 4 aromatic rings. The van der Waals surface area contributed by atoms with Crippen molar-refractivity contribution < 1.29 is 9.90 Å². The minimum Gasteiger partial charge on any atom is -0.388 e. The number of hydrogen-bond acceptors (Lipinski definition) is 5. The quantitative estimate of drug-likeness (QED) is 0.523. The van der Waals surface area contributed by atoms with Crippen LogP contribution in [0.3, 0.4) is 0 Å². The number of carbonyl (C=O) groups is 1. The lowest BCUT2D eigenvalue weighted by molar-refractivity contribution is -0.0299. The lowest BCUT2D eigenvalue weighted by Crippen LogP contribution is -2.49. The summed E-state index contributed by atoms with van der Waals surface area (Å²) in [4.78, 5) is 32.1. The molecule has 0 spiro atoms. The summed E-state index contributed by atoms with van der Waals surface area (Å²) in [6, 6.07) is 17.0. The van der Waals surface area contributed by atoms with Gasteiger partial charge in [0.15, 0.2) is 5.65 Å². The lowest BCUT2D eigenvalue weighted by Gasteiger charge is -2.38. The lowest BCUT2D eigenvalue weighted by atomic mass is 9.91. The summed E-state index contributed by atoms with van der Waals surface area (Å²) >= 11 is 0. The number of fused-ring (bicyclic) bond motifs is 1. The highest BCUT2D eigenvalue weighted by Gasteiger charge is 2.35. The number of rotatable bonds is 4. The van der Waals surface area contributed by atoms with Crippen LogP contribution >= 0.6 is 0 Å². The van der Waals surface area contributed by atoms with Crippen LogP contribution < -0.4 is 5.56 Å². The van der Waals surface area contributed by atoms with Crippen LogP contribution in [0.5, 0.6) is 0 Å². The zero-order chi connectivity index (χ0) is 23.0. The fourth-order valence-corrected chi connectivity index (χ4v) is 4.38. The number of aromatic nitrogens is 4. The average molecular weight is 444 g/mol. The topological polar surface area (TPSA) is 93.2 Å². The van der Waals surface area contributed by atoms with Gasteiger partial charge in [-0.1, -0.05) is 35.9 Å². The molecule has 8 heteroatoms. The van der Waals surface area contributed by atoms with Crippen LogP contribution in [0.25, 0.3) is 16.7 Å². The van der Waals surface area contributed by atoms with E-state index in [2.05, 4.69) is 10.1 Å². The Bertz CT molecular complexity index is 1370. The fourth-order valence-electron chi connectivity index (χ4n) is 4.38. The molecule has 3 heterocycles. The summed E-state index contributed by atoms with van der Waals surface area (Å²) in [5.74, 6) is -0.0330. The predicted octanol–water partition coefficient (Wildman–Crippen LogP) is 2.56. The van der Waals surface area contributed by atoms with Gasteiger partial charge in [0.25, 0.3) is 11.5 Å². The second kappa shape index (κ2) is 8.29. The monoisotopic (exact) mass is 443 g/mol. The molecule has 8 nitrogen and oxygen atoms in total. The Labute approximate surface area is 190 Å². The third kappa shape index (κ3) is 4.05. The molecular formula is C25H25N5O3. The van der Waals surface area contributed by atoms with Crippen molar-refractivity contribution in [3.05, 3.63) is 88.6 Å². The van der Waals surface area contributed by atoms with Crippen LogP contribution in [0, 0.1) is 6.92 Å². The highest BCUT2D eigenvalue weighted by atomic mass is 16.3. The van der Waals surface area contributed by atoms with Crippen molar-refractivity contribution in [2.45, 2.75) is 31.9 Å². The van der Waals surface area contributed by atoms with E-state index in [4.69, 9.17) is 0 Å². The molecule has 0 bridgehead atoms. The number of piperidine rings is 1. The smallest absolute Gasteiger partial charge is 0.264 e. The predicted molar refractivity (Wildman–Crippen MR) is 124 cm³/mol. The number of carbonyl (C=O) groups excluding carboxylic acids is 1. The zero-order valence-electron chi connectivity index (χ0n) is 18.4. The summed E-state index contributed by atoms with van der Waals surface area (Å²) in [7, 11) is 0. The molecule has 1 fully saturated rings. The maximum atomic E-state index is 13.1. The molecule has 1 amide bonds. The van der Waals surface area contributed by atoms with Crippen molar-refractivity contribution in [3.63, 3.8) is 0 Å². The molecule has 2 aromatic heterocycles. The summed E-state index contributed by atoms with van der Waals surface area (Å²) in [6.07, 6.45) is 3.76. The molecule has 0 unspecified atom stereocenters. The molecule has 168 valence electrons. The highest BCUT2D eigenvalue weighted by molar-refractivity contribution is 5.94. The van der Waals surface area contributed by atoms with E-state index >= 15 is 0 Å². The van der Waals surface area contributed by atoms with E-state index < -0.39 is 5.60 Å². The Morgan fingerprint density at radius 2 is 1.85 bits per heavy atom. The van der Waals surface area contributed by atoms with E-state index in [1.165, 1.54) is 17.1 Å². The number of hydrogen-bond donors (Lipinski definition) is 1. The summed E-state index contributed by atoms with van der Waals surface area (Å²) in [5, 5.41) is 15.9. The maximum Gasteiger partial charge on any atom is 0.264 e. The van der Waals surface area contributed by atoms with Crippen LogP contribution in [0.4, 0.5) is 0 Å². The molecule has 1 aliphatic rings. The molecule has 1 aliphatic heterocycles. The third-order valence-electron chi connectivity index (χ3n) is 6.27. The Balaban J connectivity index is 1.32. The first kappa shape index (κ1) is 21.1. The van der Waals surface area contributed by atoms with Crippen molar-refractivity contribution in [2.24, 2.45) is 0 Å². The number of aliphatic hydroxyl groups is 1. The van der Waals surface area contributed by atoms with E-state index in [0.29, 0.717) is 42.5 Å². The molecule has 33 heavy (non-hydrogen) atoms. The van der Waals surface area contributed by atoms with Gasteiger partial charge in [0.1, 0.15) is 11.7 Å². The van der Waals surface area contributed by atoms with Gasteiger partial charge in [-0.15, -0.1) is 0 Å². The maximum absolute atomic E-state index is 13.1. The van der Waals surface area contributed by atoms with Crippen LogP contribution in [0.2, 0.25) is 0 Å². The van der Waals surface area contributed by atoms with Crippen LogP contribution in [0.15, 0.2) is 71.9 Å². The van der Waals surface area contributed by atoms with Gasteiger partial charge < -0.3 is 10.0 Å². The van der Waals surface area contributed by atoms with Gasteiger partial charge in [-0.2, -0.15) is 5.10 Å². The van der Waals surface area contributed by atoms with Gasteiger partial charge in [-0.05, 0) is 44.0 Å². The Kier molecular flexibility index (Phi) is 5.30. The minimum absolute atomic E-state index is 0.0330. The molecular weight excluding hydrogens is 418 g/mol. The molecule has 1 N–H and O–H groups in total. The Hall–Kier alpha value is -3.78. The van der Waals surface area contributed by atoms with Crippen LogP contribution in [-0.2, 0) is 6.54 Å². The number of likely N-dealkylation sites (tertiary alicyclic amines) is 1. The molecule has 0 atom stereocenters. The third-order valence-corrected chi connectivity index (χ3v) is 6.27. The van der Waals surface area contributed by atoms with Crippen molar-refractivity contribution >= 4 is 16.9 Å². The van der Waals surface area contributed by atoms with Crippen molar-refractivity contribution in [1.29, 1.82) is 0 Å². The van der Waals surface area contributed by atoms with Gasteiger partial charge in [-0.3, -0.25) is 14.2 Å². The second-order valence-electron chi connectivity index (χ2n) is 8.69. The molecule has 0 radical (unpaired) electrons. The first-order valence-electron chi connectivity index (χ1n) is 11.0. The number of benzene rings is 2. The van der Waals surface area contributed by atoms with E-state index in [1.54, 1.807) is 9.58 Å². The second-order valence-corrected chi connectivity index (χ2v) is 8.69. The average Bonchev–Trinajstić information content (AvgIpc) is 3.26. The Morgan fingerprint density at radius 3 is 2.58 bits per heavy atom. The normalized spacial score (nSPS) is 15.6. The standard InChI is InChI=1S/C25H25N5O3/c1-18-6-5-7-19(14-18)23(31)28-12-10-25(33,11-13-28)16-29-17-26-22-21(24(29)32)15-27-30(22)20-8-3-2-4-9-20/h2-9,14-15,17,33H,10-13,16H2,1H3. The SMILES string of the molecule is Cc1cccc(C(=O)N2CCC(O)(Cn3cnc4c(cnn4-c4ccccc4)c3=O)CC2)c1. The van der Waals surface area contributed by atoms with Gasteiger partial charge in [0.2, 0.25) is 0 Å². The first-order valence-corrected chi connectivity index (χ1v) is 11.0. The molecule has 0 saturated carbocycles. The fraction of sp³-hybridized carbons (Fsp3) is 0.280. The summed E-state index contributed by atoms with van der Waals surface area (Å²) in [5.41, 5.74) is 1.66. The largest absolute Gasteiger partial charge is 0.388 e. The van der Waals surface area contributed by atoms with E-state index in [-0.39, 0.29) is 18.0 Å². The van der Waals surface area contributed by atoms with Crippen LogP contribution in [0.1, 0.15) is 28.8 Å².